The van der Waals surface area contributed by atoms with E-state index in [0.29, 0.717) is 32.2 Å². The van der Waals surface area contributed by atoms with Crippen LogP contribution in [0.5, 0.6) is 5.75 Å². The van der Waals surface area contributed by atoms with Gasteiger partial charge >= 0.3 is 6.09 Å². The molecule has 172 valence electrons. The van der Waals surface area contributed by atoms with Crippen molar-refractivity contribution in [3.05, 3.63) is 23.4 Å². The van der Waals surface area contributed by atoms with Crippen LogP contribution in [0.4, 0.5) is 4.79 Å². The number of carbonyl (C=O) groups is 1. The van der Waals surface area contributed by atoms with E-state index in [1.165, 1.54) is 4.90 Å². The monoisotopic (exact) mass is 439 g/mol. The fraction of sp³-hybridized carbons (Fsp3) is 0.600. The lowest BCUT2D eigenvalue weighted by molar-refractivity contribution is 0.123. The molecule has 2 heterocycles. The van der Waals surface area contributed by atoms with Crippen LogP contribution in [0.3, 0.4) is 0 Å². The standard InChI is InChI=1S/C25H33N3O4/c1-4-11-25(12-13-25)17-31-22-8-6-19-21(26-32-23(19)20(22)16-27(2)3)7-5-18-9-14-28(15-10-18)24(29)30/h6,8,18H,5,7,9-10,12-17H2,1-3H3,(H,29,30). The van der Waals surface area contributed by atoms with Crippen molar-refractivity contribution < 1.29 is 19.2 Å². The van der Waals surface area contributed by atoms with Gasteiger partial charge in [-0.2, -0.15) is 0 Å². The van der Waals surface area contributed by atoms with Gasteiger partial charge in [-0.15, -0.1) is 5.92 Å². The number of likely N-dealkylation sites (tertiary alicyclic amines) is 1. The molecule has 1 amide bonds. The fourth-order valence-corrected chi connectivity index (χ4v) is 4.56. The summed E-state index contributed by atoms with van der Waals surface area (Å²) in [4.78, 5) is 14.7. The Morgan fingerprint density at radius 2 is 2.09 bits per heavy atom. The van der Waals surface area contributed by atoms with E-state index in [4.69, 9.17) is 14.4 Å². The van der Waals surface area contributed by atoms with Gasteiger partial charge in [0.2, 0.25) is 0 Å². The summed E-state index contributed by atoms with van der Waals surface area (Å²) in [5.41, 5.74) is 2.82. The Morgan fingerprint density at radius 3 is 2.72 bits per heavy atom. The zero-order valence-corrected chi connectivity index (χ0v) is 19.3. The third kappa shape index (κ3) is 5.02. The lowest BCUT2D eigenvalue weighted by atomic mass is 9.91. The molecule has 1 aromatic carbocycles. The molecular formula is C25H33N3O4. The second-order valence-electron chi connectivity index (χ2n) is 9.48. The smallest absolute Gasteiger partial charge is 0.407 e. The van der Waals surface area contributed by atoms with Gasteiger partial charge in [0.25, 0.3) is 0 Å². The van der Waals surface area contributed by atoms with E-state index in [1.807, 2.05) is 27.1 Å². The maximum atomic E-state index is 11.1. The van der Waals surface area contributed by atoms with E-state index in [1.54, 1.807) is 0 Å². The number of piperidine rings is 1. The second-order valence-corrected chi connectivity index (χ2v) is 9.48. The van der Waals surface area contributed by atoms with Crippen molar-refractivity contribution in [2.24, 2.45) is 11.3 Å². The van der Waals surface area contributed by atoms with Crippen LogP contribution in [0.1, 0.15) is 50.3 Å². The van der Waals surface area contributed by atoms with Crippen molar-refractivity contribution >= 4 is 17.1 Å². The maximum absolute atomic E-state index is 11.1. The van der Waals surface area contributed by atoms with Gasteiger partial charge in [0.05, 0.1) is 16.7 Å². The normalized spacial score (nSPS) is 17.9. The van der Waals surface area contributed by atoms with E-state index in [0.717, 1.165) is 66.5 Å². The number of aryl methyl sites for hydroxylation is 1. The third-order valence-electron chi connectivity index (χ3n) is 6.67. The van der Waals surface area contributed by atoms with Crippen molar-refractivity contribution in [3.63, 3.8) is 0 Å². The minimum atomic E-state index is -0.813. The van der Waals surface area contributed by atoms with Gasteiger partial charge < -0.3 is 24.2 Å². The van der Waals surface area contributed by atoms with Gasteiger partial charge in [0.15, 0.2) is 5.58 Å². The number of benzene rings is 1. The highest BCUT2D eigenvalue weighted by atomic mass is 16.5. The summed E-state index contributed by atoms with van der Waals surface area (Å²) in [7, 11) is 4.07. The number of rotatable bonds is 8. The number of amides is 1. The molecule has 1 aromatic heterocycles. The van der Waals surface area contributed by atoms with Gasteiger partial charge in [0.1, 0.15) is 12.4 Å². The van der Waals surface area contributed by atoms with Crippen LogP contribution in [0.15, 0.2) is 16.7 Å². The Morgan fingerprint density at radius 1 is 1.34 bits per heavy atom. The molecule has 2 aromatic rings. The first kappa shape index (κ1) is 22.5. The SMILES string of the molecule is CC#CC1(COc2ccc3c(CCC4CCN(C(=O)O)CC4)noc3c2CN(C)C)CC1. The van der Waals surface area contributed by atoms with Crippen LogP contribution in [-0.2, 0) is 13.0 Å². The summed E-state index contributed by atoms with van der Waals surface area (Å²) >= 11 is 0. The molecule has 0 atom stereocenters. The molecule has 32 heavy (non-hydrogen) atoms. The second kappa shape index (κ2) is 9.41. The molecule has 1 N–H and O–H groups in total. The lowest BCUT2D eigenvalue weighted by Gasteiger charge is -2.29. The summed E-state index contributed by atoms with van der Waals surface area (Å²) in [5, 5.41) is 14.6. The van der Waals surface area contributed by atoms with Crippen LogP contribution in [0.25, 0.3) is 11.0 Å². The van der Waals surface area contributed by atoms with E-state index in [9.17, 15) is 4.79 Å². The Hall–Kier alpha value is -2.72. The zero-order chi connectivity index (χ0) is 22.7. The molecule has 0 spiro atoms. The highest BCUT2D eigenvalue weighted by Crippen LogP contribution is 2.45. The molecule has 7 nitrogen and oxygen atoms in total. The molecule has 1 saturated heterocycles. The van der Waals surface area contributed by atoms with Crippen LogP contribution < -0.4 is 4.74 Å². The van der Waals surface area contributed by atoms with Gasteiger partial charge in [-0.1, -0.05) is 11.1 Å². The van der Waals surface area contributed by atoms with Gasteiger partial charge in [-0.05, 0) is 77.6 Å². The average molecular weight is 440 g/mol. The van der Waals surface area contributed by atoms with Gasteiger partial charge in [-0.3, -0.25) is 0 Å². The van der Waals surface area contributed by atoms with E-state index in [2.05, 4.69) is 28.0 Å². The van der Waals surface area contributed by atoms with E-state index >= 15 is 0 Å². The molecule has 7 heteroatoms. The fourth-order valence-electron chi connectivity index (χ4n) is 4.56. The Labute approximate surface area is 189 Å². The van der Waals surface area contributed by atoms with Crippen LogP contribution in [-0.4, -0.2) is 59.9 Å². The number of carboxylic acid groups (broad SMARTS) is 1. The molecule has 0 unspecified atom stereocenters. The van der Waals surface area contributed by atoms with Crippen LogP contribution in [0.2, 0.25) is 0 Å². The van der Waals surface area contributed by atoms with Crippen LogP contribution in [0, 0.1) is 23.2 Å². The highest BCUT2D eigenvalue weighted by molar-refractivity contribution is 5.84. The molecule has 0 bridgehead atoms. The predicted molar refractivity (Wildman–Crippen MR) is 123 cm³/mol. The summed E-state index contributed by atoms with van der Waals surface area (Å²) < 4.78 is 12.1. The lowest BCUT2D eigenvalue weighted by Crippen LogP contribution is -2.37. The van der Waals surface area contributed by atoms with Gasteiger partial charge in [-0.25, -0.2) is 4.79 Å². The summed E-state index contributed by atoms with van der Waals surface area (Å²) in [6, 6.07) is 4.11. The van der Waals surface area contributed by atoms with Crippen molar-refractivity contribution in [3.8, 4) is 17.6 Å². The maximum Gasteiger partial charge on any atom is 0.407 e. The first-order valence-electron chi connectivity index (χ1n) is 11.5. The van der Waals surface area contributed by atoms with Crippen LogP contribution >= 0.6 is 0 Å². The van der Waals surface area contributed by atoms with E-state index < -0.39 is 6.09 Å². The largest absolute Gasteiger partial charge is 0.492 e. The number of nitrogens with zero attached hydrogens (tertiary/aromatic N) is 3. The van der Waals surface area contributed by atoms with Crippen molar-refractivity contribution in [2.75, 3.05) is 33.8 Å². The Bertz CT molecular complexity index is 1020. The summed E-state index contributed by atoms with van der Waals surface area (Å²) in [6.45, 7) is 4.45. The molecule has 0 radical (unpaired) electrons. The predicted octanol–water partition coefficient (Wildman–Crippen LogP) is 4.39. The Balaban J connectivity index is 1.47. The number of hydrogen-bond acceptors (Lipinski definition) is 5. The zero-order valence-electron chi connectivity index (χ0n) is 19.3. The molecule has 1 aliphatic carbocycles. The molecular weight excluding hydrogens is 406 g/mol. The topological polar surface area (TPSA) is 79.0 Å². The summed E-state index contributed by atoms with van der Waals surface area (Å²) in [6.07, 6.45) is 5.03. The number of aromatic nitrogens is 1. The van der Waals surface area contributed by atoms with E-state index in [-0.39, 0.29) is 5.41 Å². The number of hydrogen-bond donors (Lipinski definition) is 1. The first-order chi connectivity index (χ1) is 15.4. The molecule has 1 aliphatic heterocycles. The highest BCUT2D eigenvalue weighted by Gasteiger charge is 2.42. The molecule has 4 rings (SSSR count). The minimum Gasteiger partial charge on any atom is -0.492 e. The quantitative estimate of drug-likeness (QED) is 0.615. The van der Waals surface area contributed by atoms with Crippen molar-refractivity contribution in [1.29, 1.82) is 0 Å². The molecule has 2 fully saturated rings. The third-order valence-corrected chi connectivity index (χ3v) is 6.67. The summed E-state index contributed by atoms with van der Waals surface area (Å²) in [5.74, 6) is 7.71. The van der Waals surface area contributed by atoms with Gasteiger partial charge in [0, 0.05) is 25.0 Å². The molecule has 1 saturated carbocycles. The first-order valence-corrected chi connectivity index (χ1v) is 11.5. The van der Waals surface area contributed by atoms with Crippen molar-refractivity contribution in [2.45, 2.75) is 52.0 Å². The number of ether oxygens (including phenoxy) is 1. The molecule has 2 aliphatic rings. The van der Waals surface area contributed by atoms with Crippen molar-refractivity contribution in [1.82, 2.24) is 15.0 Å². The minimum absolute atomic E-state index is 0.0158. The average Bonchev–Trinajstić information content (AvgIpc) is 3.41. The number of fused-ring (bicyclic) bond motifs is 1. The Kier molecular flexibility index (Phi) is 6.61.